The molecule has 0 amide bonds. The molecule has 1 saturated carbocycles. The van der Waals surface area contributed by atoms with E-state index in [2.05, 4.69) is 54.0 Å². The molecule has 7 nitrogen and oxygen atoms in total. The van der Waals surface area contributed by atoms with Gasteiger partial charge in [-0.3, -0.25) is 9.36 Å². The molecule has 0 saturated heterocycles. The van der Waals surface area contributed by atoms with E-state index in [1.807, 2.05) is 23.3 Å². The van der Waals surface area contributed by atoms with Gasteiger partial charge in [0, 0.05) is 49.9 Å². The van der Waals surface area contributed by atoms with Crippen molar-refractivity contribution in [3.63, 3.8) is 0 Å². The molecular weight excluding hydrogens is 388 g/mol. The maximum atomic E-state index is 9.08. The van der Waals surface area contributed by atoms with Crippen LogP contribution in [0.4, 0.5) is 0 Å². The third-order valence-corrected chi connectivity index (χ3v) is 6.32. The van der Waals surface area contributed by atoms with Crippen LogP contribution in [0.15, 0.2) is 47.8 Å². The van der Waals surface area contributed by atoms with E-state index in [4.69, 9.17) is 15.2 Å². The second-order valence-corrected chi connectivity index (χ2v) is 8.69. The Morgan fingerprint density at radius 3 is 2.71 bits per heavy atom. The van der Waals surface area contributed by atoms with E-state index in [1.54, 1.807) is 0 Å². The first kappa shape index (κ1) is 21.6. The van der Waals surface area contributed by atoms with Gasteiger partial charge >= 0.3 is 0 Å². The molecule has 4 rings (SSSR count). The number of aliphatic hydroxyl groups excluding tert-OH is 1. The van der Waals surface area contributed by atoms with Gasteiger partial charge in [-0.1, -0.05) is 32.8 Å². The van der Waals surface area contributed by atoms with Gasteiger partial charge in [0.25, 0.3) is 0 Å². The Hall–Kier alpha value is -2.67. The monoisotopic (exact) mass is 422 g/mol. The largest absolute Gasteiger partial charge is 0.396 e. The molecule has 166 valence electrons. The first-order valence-electron chi connectivity index (χ1n) is 11.5. The van der Waals surface area contributed by atoms with Gasteiger partial charge in [-0.05, 0) is 31.6 Å². The molecule has 2 atom stereocenters. The minimum absolute atomic E-state index is 0.164. The highest BCUT2D eigenvalue weighted by Crippen LogP contribution is 2.34. The van der Waals surface area contributed by atoms with Crippen LogP contribution >= 0.6 is 0 Å². The first-order valence-corrected chi connectivity index (χ1v) is 11.5. The number of aryl methyl sites for hydroxylation is 1. The van der Waals surface area contributed by atoms with Crippen LogP contribution in [0.25, 0.3) is 5.70 Å². The Morgan fingerprint density at radius 1 is 1.13 bits per heavy atom. The molecule has 2 aliphatic rings. The summed E-state index contributed by atoms with van der Waals surface area (Å²) in [6.07, 6.45) is 19.0. The molecule has 0 radical (unpaired) electrons. The Bertz CT molecular complexity index is 982. The highest BCUT2D eigenvalue weighted by Gasteiger charge is 2.26. The number of likely N-dealkylation sites (N-methyl/N-ethyl adjacent to an activating group) is 1. The van der Waals surface area contributed by atoms with Crippen molar-refractivity contribution < 1.29 is 5.11 Å². The summed E-state index contributed by atoms with van der Waals surface area (Å²) in [5.41, 5.74) is 4.99. The topological polar surface area (TPSA) is 71.5 Å². The van der Waals surface area contributed by atoms with Crippen LogP contribution < -0.4 is 0 Å². The van der Waals surface area contributed by atoms with Crippen molar-refractivity contribution in [2.24, 2.45) is 10.9 Å². The van der Waals surface area contributed by atoms with Gasteiger partial charge in [0.1, 0.15) is 0 Å². The lowest BCUT2D eigenvalue weighted by molar-refractivity contribution is 0.240. The van der Waals surface area contributed by atoms with Gasteiger partial charge in [-0.2, -0.15) is 10.2 Å². The average molecular weight is 423 g/mol. The molecule has 3 heterocycles. The van der Waals surface area contributed by atoms with Crippen LogP contribution in [-0.4, -0.2) is 48.9 Å². The number of hydrogen-bond donors (Lipinski definition) is 1. The summed E-state index contributed by atoms with van der Waals surface area (Å²) in [5.74, 6) is 0.656. The number of aliphatic hydroxyl groups is 1. The summed E-state index contributed by atoms with van der Waals surface area (Å²) in [6.45, 7) is 5.35. The van der Waals surface area contributed by atoms with E-state index in [0.29, 0.717) is 24.9 Å². The molecule has 2 aromatic rings. The van der Waals surface area contributed by atoms with E-state index >= 15 is 0 Å². The molecule has 1 aliphatic carbocycles. The van der Waals surface area contributed by atoms with Gasteiger partial charge in [0.2, 0.25) is 0 Å². The Labute approximate surface area is 184 Å². The van der Waals surface area contributed by atoms with E-state index in [-0.39, 0.29) is 6.61 Å². The van der Waals surface area contributed by atoms with Gasteiger partial charge in [0.15, 0.2) is 0 Å². The fraction of sp³-hybridized carbons (Fsp3) is 0.542. The zero-order valence-corrected chi connectivity index (χ0v) is 18.9. The van der Waals surface area contributed by atoms with Crippen LogP contribution in [-0.2, 0) is 6.54 Å². The number of nitrogens with zero attached hydrogens (tertiary/aromatic N) is 6. The zero-order valence-electron chi connectivity index (χ0n) is 18.9. The summed E-state index contributed by atoms with van der Waals surface area (Å²) in [4.78, 5) is 7.20. The lowest BCUT2D eigenvalue weighted by Gasteiger charge is -2.29. The minimum atomic E-state index is 0.164. The molecule has 1 aliphatic heterocycles. The quantitative estimate of drug-likeness (QED) is 0.724. The second-order valence-electron chi connectivity index (χ2n) is 8.69. The molecule has 31 heavy (non-hydrogen) atoms. The predicted molar refractivity (Wildman–Crippen MR) is 123 cm³/mol. The van der Waals surface area contributed by atoms with Crippen molar-refractivity contribution in [1.29, 1.82) is 0 Å². The predicted octanol–water partition coefficient (Wildman–Crippen LogP) is 4.24. The fourth-order valence-electron chi connectivity index (χ4n) is 4.59. The van der Waals surface area contributed by atoms with Gasteiger partial charge < -0.3 is 10.0 Å². The molecule has 1 N–H and O–H groups in total. The Morgan fingerprint density at radius 2 is 1.94 bits per heavy atom. The van der Waals surface area contributed by atoms with Gasteiger partial charge in [0.05, 0.1) is 35.5 Å². The number of hydrogen-bond acceptors (Lipinski definition) is 5. The van der Waals surface area contributed by atoms with Crippen molar-refractivity contribution in [1.82, 2.24) is 24.5 Å². The summed E-state index contributed by atoms with van der Waals surface area (Å²) >= 11 is 0. The van der Waals surface area contributed by atoms with Crippen LogP contribution in [0.5, 0.6) is 0 Å². The third kappa shape index (κ3) is 4.66. The maximum absolute atomic E-state index is 9.08. The SMILES string of the molecule is CC/C=C1/C(c2cnn([C@@H]3CCCC[C@H]3C)c2)=NC(c2cnn(CCCO)c2)=CN1C. The number of aromatic nitrogens is 4. The average Bonchev–Trinajstić information content (AvgIpc) is 3.44. The van der Waals surface area contributed by atoms with Crippen molar-refractivity contribution in [3.8, 4) is 0 Å². The van der Waals surface area contributed by atoms with E-state index in [9.17, 15) is 0 Å². The van der Waals surface area contributed by atoms with Gasteiger partial charge in [-0.15, -0.1) is 0 Å². The van der Waals surface area contributed by atoms with Crippen LogP contribution in [0.1, 0.15) is 69.5 Å². The number of aliphatic imine (C=N–C) groups is 1. The van der Waals surface area contributed by atoms with Gasteiger partial charge in [-0.25, -0.2) is 4.99 Å². The second kappa shape index (κ2) is 9.64. The number of allylic oxidation sites excluding steroid dienone is 2. The third-order valence-electron chi connectivity index (χ3n) is 6.32. The molecular formula is C24H34N6O. The van der Waals surface area contributed by atoms with E-state index in [1.165, 1.54) is 25.7 Å². The molecule has 0 spiro atoms. The lowest BCUT2D eigenvalue weighted by atomic mass is 9.86. The summed E-state index contributed by atoms with van der Waals surface area (Å²) in [6, 6.07) is 0.475. The standard InChI is InChI=1S/C24H34N6O/c1-4-8-23-24(20-14-26-30(16-20)22-10-6-5-9-18(22)2)27-21(17-28(23)3)19-13-25-29(15-19)11-7-12-31/h8,13-18,22,31H,4-7,9-12H2,1-3H3/b23-8-/t18-,22-/m1/s1. The van der Waals surface area contributed by atoms with Crippen molar-refractivity contribution in [2.45, 2.75) is 65.0 Å². The highest BCUT2D eigenvalue weighted by atomic mass is 16.3. The molecule has 0 bridgehead atoms. The smallest absolute Gasteiger partial charge is 0.0974 e. The molecule has 0 aromatic carbocycles. The zero-order chi connectivity index (χ0) is 21.8. The molecule has 1 fully saturated rings. The van der Waals surface area contributed by atoms with E-state index in [0.717, 1.165) is 34.7 Å². The summed E-state index contributed by atoms with van der Waals surface area (Å²) in [5, 5.41) is 18.3. The van der Waals surface area contributed by atoms with Crippen molar-refractivity contribution in [2.75, 3.05) is 13.7 Å². The van der Waals surface area contributed by atoms with E-state index < -0.39 is 0 Å². The fourth-order valence-corrected chi connectivity index (χ4v) is 4.59. The minimum Gasteiger partial charge on any atom is -0.396 e. The maximum Gasteiger partial charge on any atom is 0.0974 e. The number of rotatable bonds is 7. The summed E-state index contributed by atoms with van der Waals surface area (Å²) < 4.78 is 4.03. The van der Waals surface area contributed by atoms with Crippen LogP contribution in [0, 0.1) is 5.92 Å². The Kier molecular flexibility index (Phi) is 6.70. The highest BCUT2D eigenvalue weighted by molar-refractivity contribution is 6.15. The van der Waals surface area contributed by atoms with Crippen LogP contribution in [0.3, 0.4) is 0 Å². The lowest BCUT2D eigenvalue weighted by Crippen LogP contribution is -2.24. The first-order chi connectivity index (χ1) is 15.1. The summed E-state index contributed by atoms with van der Waals surface area (Å²) in [7, 11) is 2.07. The van der Waals surface area contributed by atoms with Crippen molar-refractivity contribution in [3.05, 3.63) is 53.9 Å². The molecule has 0 unspecified atom stereocenters. The molecule has 7 heteroatoms. The Balaban J connectivity index is 1.66. The van der Waals surface area contributed by atoms with Crippen molar-refractivity contribution >= 4 is 11.4 Å². The molecule has 2 aromatic heterocycles. The van der Waals surface area contributed by atoms with Crippen LogP contribution in [0.2, 0.25) is 0 Å². The normalized spacial score (nSPS) is 23.2.